The molecule has 1 unspecified atom stereocenters. The molecule has 0 saturated heterocycles. The smallest absolute Gasteiger partial charge is 0.192 e. The van der Waals surface area contributed by atoms with Crippen LogP contribution >= 0.6 is 0 Å². The number of ether oxygens (including phenoxy) is 1. The average molecular weight is 347 g/mol. The standard InChI is InChI=1S/C21H34O2Si/c1-17(2)22-18(3)16-20(23-24(7,8)21(4,5)6)15-14-19-12-10-9-11-13-19/h9-15,17,20H,3,16H2,1-2,4-8H3/b15-14+. The topological polar surface area (TPSA) is 18.5 Å². The second-order valence-electron chi connectivity index (χ2n) is 8.10. The van der Waals surface area contributed by atoms with E-state index in [1.54, 1.807) is 0 Å². The number of hydrogen-bond acceptors (Lipinski definition) is 2. The predicted molar refractivity (Wildman–Crippen MR) is 108 cm³/mol. The third-order valence-electron chi connectivity index (χ3n) is 4.39. The van der Waals surface area contributed by atoms with Crippen molar-refractivity contribution in [2.24, 2.45) is 0 Å². The molecule has 1 aromatic carbocycles. The Morgan fingerprint density at radius 3 is 2.25 bits per heavy atom. The fraction of sp³-hybridized carbons (Fsp3) is 0.524. The maximum atomic E-state index is 6.59. The van der Waals surface area contributed by atoms with Crippen LogP contribution in [0.15, 0.2) is 48.7 Å². The molecule has 1 rings (SSSR count). The molecule has 0 heterocycles. The first-order valence-electron chi connectivity index (χ1n) is 8.77. The Morgan fingerprint density at radius 2 is 1.75 bits per heavy atom. The molecule has 0 saturated carbocycles. The summed E-state index contributed by atoms with van der Waals surface area (Å²) in [5.74, 6) is 0.784. The monoisotopic (exact) mass is 346 g/mol. The SMILES string of the molecule is C=C(CC(/C=C/c1ccccc1)O[Si](C)(C)C(C)(C)C)OC(C)C. The van der Waals surface area contributed by atoms with Gasteiger partial charge in [-0.1, -0.05) is 69.8 Å². The Bertz CT molecular complexity index is 539. The van der Waals surface area contributed by atoms with Crippen molar-refractivity contribution in [3.63, 3.8) is 0 Å². The lowest BCUT2D eigenvalue weighted by Crippen LogP contribution is -2.43. The molecule has 0 fully saturated rings. The van der Waals surface area contributed by atoms with Crippen molar-refractivity contribution >= 4 is 14.4 Å². The van der Waals surface area contributed by atoms with Gasteiger partial charge in [0, 0.05) is 6.42 Å². The summed E-state index contributed by atoms with van der Waals surface area (Å²) in [6, 6.07) is 10.3. The number of benzene rings is 1. The summed E-state index contributed by atoms with van der Waals surface area (Å²) in [7, 11) is -1.86. The van der Waals surface area contributed by atoms with E-state index < -0.39 is 8.32 Å². The second-order valence-corrected chi connectivity index (χ2v) is 12.9. The van der Waals surface area contributed by atoms with E-state index in [-0.39, 0.29) is 17.2 Å². The fourth-order valence-corrected chi connectivity index (χ4v) is 3.36. The van der Waals surface area contributed by atoms with Gasteiger partial charge in [-0.3, -0.25) is 0 Å². The van der Waals surface area contributed by atoms with E-state index in [0.29, 0.717) is 6.42 Å². The van der Waals surface area contributed by atoms with Crippen molar-refractivity contribution in [1.29, 1.82) is 0 Å². The van der Waals surface area contributed by atoms with Gasteiger partial charge in [-0.05, 0) is 37.5 Å². The zero-order valence-corrected chi connectivity index (χ0v) is 17.4. The predicted octanol–water partition coefficient (Wildman–Crippen LogP) is 6.42. The van der Waals surface area contributed by atoms with E-state index in [0.717, 1.165) is 5.76 Å². The van der Waals surface area contributed by atoms with Crippen LogP contribution in [0.5, 0.6) is 0 Å². The van der Waals surface area contributed by atoms with E-state index in [4.69, 9.17) is 9.16 Å². The molecule has 0 N–H and O–H groups in total. The highest BCUT2D eigenvalue weighted by Crippen LogP contribution is 2.38. The third-order valence-corrected chi connectivity index (χ3v) is 8.89. The Balaban J connectivity index is 2.90. The van der Waals surface area contributed by atoms with Crippen LogP contribution in [0.25, 0.3) is 6.08 Å². The van der Waals surface area contributed by atoms with Crippen LogP contribution in [-0.2, 0) is 9.16 Å². The van der Waals surface area contributed by atoms with Gasteiger partial charge in [-0.2, -0.15) is 0 Å². The van der Waals surface area contributed by atoms with Crippen LogP contribution in [-0.4, -0.2) is 20.5 Å². The largest absolute Gasteiger partial charge is 0.496 e. The molecule has 0 bridgehead atoms. The van der Waals surface area contributed by atoms with E-state index in [9.17, 15) is 0 Å². The molecule has 1 aromatic rings. The molecule has 0 spiro atoms. The molecule has 0 aliphatic heterocycles. The molecule has 0 aromatic heterocycles. The van der Waals surface area contributed by atoms with Gasteiger partial charge in [0.05, 0.1) is 18.0 Å². The fourth-order valence-electron chi connectivity index (χ4n) is 2.09. The highest BCUT2D eigenvalue weighted by atomic mass is 28.4. The van der Waals surface area contributed by atoms with E-state index in [2.05, 4.69) is 64.7 Å². The molecular weight excluding hydrogens is 312 g/mol. The minimum Gasteiger partial charge on any atom is -0.496 e. The summed E-state index contributed by atoms with van der Waals surface area (Å²) in [6.45, 7) is 19.4. The first-order valence-corrected chi connectivity index (χ1v) is 11.7. The molecule has 0 radical (unpaired) electrons. The summed E-state index contributed by atoms with van der Waals surface area (Å²) in [6.07, 6.45) is 5.08. The molecule has 2 nitrogen and oxygen atoms in total. The maximum absolute atomic E-state index is 6.59. The van der Waals surface area contributed by atoms with Crippen molar-refractivity contribution in [3.05, 3.63) is 54.3 Å². The highest BCUT2D eigenvalue weighted by Gasteiger charge is 2.38. The van der Waals surface area contributed by atoms with Gasteiger partial charge in [-0.15, -0.1) is 0 Å². The summed E-state index contributed by atoms with van der Waals surface area (Å²) >= 11 is 0. The van der Waals surface area contributed by atoms with Gasteiger partial charge in [0.1, 0.15) is 0 Å². The van der Waals surface area contributed by atoms with Crippen LogP contribution in [0.1, 0.15) is 46.6 Å². The zero-order chi connectivity index (χ0) is 18.4. The van der Waals surface area contributed by atoms with Crippen molar-refractivity contribution < 1.29 is 9.16 Å². The van der Waals surface area contributed by atoms with Crippen molar-refractivity contribution in [2.75, 3.05) is 0 Å². The quantitative estimate of drug-likeness (QED) is 0.399. The average Bonchev–Trinajstić information content (AvgIpc) is 2.43. The van der Waals surface area contributed by atoms with E-state index in [1.165, 1.54) is 5.56 Å². The molecule has 24 heavy (non-hydrogen) atoms. The van der Waals surface area contributed by atoms with Crippen LogP contribution in [0.2, 0.25) is 18.1 Å². The Labute approximate surface area is 149 Å². The summed E-state index contributed by atoms with van der Waals surface area (Å²) < 4.78 is 12.3. The molecule has 3 heteroatoms. The molecule has 0 aliphatic rings. The van der Waals surface area contributed by atoms with Gasteiger partial charge in [0.25, 0.3) is 0 Å². The van der Waals surface area contributed by atoms with E-state index >= 15 is 0 Å². The maximum Gasteiger partial charge on any atom is 0.192 e. The van der Waals surface area contributed by atoms with Crippen LogP contribution in [0.3, 0.4) is 0 Å². The first-order chi connectivity index (χ1) is 11.0. The highest BCUT2D eigenvalue weighted by molar-refractivity contribution is 6.74. The summed E-state index contributed by atoms with van der Waals surface area (Å²) in [4.78, 5) is 0. The lowest BCUT2D eigenvalue weighted by Gasteiger charge is -2.38. The third kappa shape index (κ3) is 7.06. The summed E-state index contributed by atoms with van der Waals surface area (Å²) in [5.41, 5.74) is 1.18. The Hall–Kier alpha value is -1.32. The zero-order valence-electron chi connectivity index (χ0n) is 16.4. The normalized spacial score (nSPS) is 14.2. The number of rotatable bonds is 8. The second kappa shape index (κ2) is 8.68. The first kappa shape index (κ1) is 20.7. The van der Waals surface area contributed by atoms with Gasteiger partial charge in [0.15, 0.2) is 8.32 Å². The Morgan fingerprint density at radius 1 is 1.17 bits per heavy atom. The summed E-state index contributed by atoms with van der Waals surface area (Å²) in [5, 5.41) is 0.173. The van der Waals surface area contributed by atoms with Crippen molar-refractivity contribution in [1.82, 2.24) is 0 Å². The molecule has 0 aliphatic carbocycles. The van der Waals surface area contributed by atoms with E-state index in [1.807, 2.05) is 32.0 Å². The molecule has 134 valence electrons. The molecule has 0 amide bonds. The lowest BCUT2D eigenvalue weighted by molar-refractivity contribution is 0.119. The minimum atomic E-state index is -1.86. The van der Waals surface area contributed by atoms with Gasteiger partial charge in [0.2, 0.25) is 0 Å². The van der Waals surface area contributed by atoms with Gasteiger partial charge in [-0.25, -0.2) is 0 Å². The molecular formula is C21H34O2Si. The van der Waals surface area contributed by atoms with Crippen LogP contribution in [0.4, 0.5) is 0 Å². The molecule has 1 atom stereocenters. The number of hydrogen-bond donors (Lipinski definition) is 0. The van der Waals surface area contributed by atoms with Gasteiger partial charge < -0.3 is 9.16 Å². The van der Waals surface area contributed by atoms with Crippen molar-refractivity contribution in [2.45, 2.75) is 71.4 Å². The van der Waals surface area contributed by atoms with Crippen LogP contribution < -0.4 is 0 Å². The van der Waals surface area contributed by atoms with Crippen molar-refractivity contribution in [3.8, 4) is 0 Å². The lowest BCUT2D eigenvalue weighted by atomic mass is 10.1. The van der Waals surface area contributed by atoms with Crippen LogP contribution in [0, 0.1) is 0 Å². The van der Waals surface area contributed by atoms with Gasteiger partial charge >= 0.3 is 0 Å². The Kier molecular flexibility index (Phi) is 7.49. The minimum absolute atomic E-state index is 0.0163.